The van der Waals surface area contributed by atoms with Crippen LogP contribution in [0.1, 0.15) is 50.6 Å². The lowest BCUT2D eigenvalue weighted by molar-refractivity contribution is -0.133. The number of carbonyl (C=O) groups is 1. The molecule has 0 saturated carbocycles. The number of nitrogens with zero attached hydrogens (tertiary/aromatic N) is 2. The van der Waals surface area contributed by atoms with E-state index >= 15 is 0 Å². The lowest BCUT2D eigenvalue weighted by Crippen LogP contribution is -2.40. The van der Waals surface area contributed by atoms with Crippen molar-refractivity contribution in [3.05, 3.63) is 17.0 Å². The van der Waals surface area contributed by atoms with Crippen LogP contribution in [0.2, 0.25) is 0 Å². The van der Waals surface area contributed by atoms with E-state index in [-0.39, 0.29) is 17.9 Å². The molecule has 0 aliphatic carbocycles. The van der Waals surface area contributed by atoms with Gasteiger partial charge in [0.15, 0.2) is 0 Å². The van der Waals surface area contributed by atoms with Crippen LogP contribution in [0.4, 0.5) is 0 Å². The van der Waals surface area contributed by atoms with E-state index in [0.717, 1.165) is 38.0 Å². The number of nitrogens with one attached hydrogen (secondary N) is 1. The van der Waals surface area contributed by atoms with Gasteiger partial charge in [-0.25, -0.2) is 0 Å². The average molecular weight is 293 g/mol. The molecule has 5 nitrogen and oxygen atoms in total. The molecule has 0 aromatic carbocycles. The van der Waals surface area contributed by atoms with Gasteiger partial charge in [-0.15, -0.1) is 0 Å². The Morgan fingerprint density at radius 1 is 1.43 bits per heavy atom. The second kappa shape index (κ2) is 7.07. The maximum absolute atomic E-state index is 12.4. The molecule has 2 atom stereocenters. The van der Waals surface area contributed by atoms with E-state index in [2.05, 4.69) is 24.3 Å². The molecule has 21 heavy (non-hydrogen) atoms. The minimum Gasteiger partial charge on any atom is -0.378 e. The van der Waals surface area contributed by atoms with Crippen LogP contribution in [0.25, 0.3) is 0 Å². The summed E-state index contributed by atoms with van der Waals surface area (Å²) in [7, 11) is 1.97. The topological polar surface area (TPSA) is 56.2 Å². The van der Waals surface area contributed by atoms with Gasteiger partial charge in [0.2, 0.25) is 5.91 Å². The fraction of sp³-hybridized carbons (Fsp3) is 0.750. The Kier molecular flexibility index (Phi) is 5.39. The Hall–Kier alpha value is -1.36. The fourth-order valence-electron chi connectivity index (χ4n) is 3.17. The molecule has 118 valence electrons. The van der Waals surface area contributed by atoms with Gasteiger partial charge in [0.05, 0.1) is 17.7 Å². The van der Waals surface area contributed by atoms with E-state index in [9.17, 15) is 4.79 Å². The summed E-state index contributed by atoms with van der Waals surface area (Å²) in [6.45, 7) is 7.56. The van der Waals surface area contributed by atoms with E-state index in [1.165, 1.54) is 11.3 Å². The minimum absolute atomic E-state index is 0.0175. The zero-order valence-corrected chi connectivity index (χ0v) is 13.6. The largest absolute Gasteiger partial charge is 0.378 e. The standard InChI is InChI=1S/C16H27N3O2/c1-5-14-13(15(6-2)19(4)18-14)10-17-16(20)12-8-7-9-21-11(12)3/h11-12H,5-10H2,1-4H3,(H,17,20). The van der Waals surface area contributed by atoms with Gasteiger partial charge in [0, 0.05) is 31.5 Å². The molecule has 1 aromatic heterocycles. The number of ether oxygens (including phenoxy) is 1. The highest BCUT2D eigenvalue weighted by atomic mass is 16.5. The summed E-state index contributed by atoms with van der Waals surface area (Å²) in [4.78, 5) is 12.4. The number of rotatable bonds is 5. The van der Waals surface area contributed by atoms with Crippen LogP contribution in [-0.2, 0) is 36.0 Å². The molecule has 1 N–H and O–H groups in total. The van der Waals surface area contributed by atoms with E-state index < -0.39 is 0 Å². The Labute approximate surface area is 127 Å². The molecular formula is C16H27N3O2. The van der Waals surface area contributed by atoms with Gasteiger partial charge in [-0.2, -0.15) is 5.10 Å². The molecule has 2 heterocycles. The van der Waals surface area contributed by atoms with E-state index in [1.807, 2.05) is 18.7 Å². The molecule has 0 spiro atoms. The van der Waals surface area contributed by atoms with Crippen molar-refractivity contribution >= 4 is 5.91 Å². The van der Waals surface area contributed by atoms with Crippen LogP contribution in [0.3, 0.4) is 0 Å². The zero-order chi connectivity index (χ0) is 15.4. The predicted octanol–water partition coefficient (Wildman–Crippen LogP) is 1.98. The number of aryl methyl sites for hydroxylation is 2. The molecule has 1 fully saturated rings. The predicted molar refractivity (Wildman–Crippen MR) is 81.9 cm³/mol. The van der Waals surface area contributed by atoms with Gasteiger partial charge in [-0.05, 0) is 32.6 Å². The van der Waals surface area contributed by atoms with Crippen molar-refractivity contribution in [3.8, 4) is 0 Å². The summed E-state index contributed by atoms with van der Waals surface area (Å²) < 4.78 is 7.52. The molecule has 2 unspecified atom stereocenters. The summed E-state index contributed by atoms with van der Waals surface area (Å²) in [5.41, 5.74) is 3.47. The van der Waals surface area contributed by atoms with Crippen molar-refractivity contribution in [1.29, 1.82) is 0 Å². The molecule has 1 saturated heterocycles. The molecule has 0 radical (unpaired) electrons. The smallest absolute Gasteiger partial charge is 0.225 e. The molecule has 2 rings (SSSR count). The Morgan fingerprint density at radius 3 is 2.81 bits per heavy atom. The monoisotopic (exact) mass is 293 g/mol. The molecule has 1 aliphatic heterocycles. The van der Waals surface area contributed by atoms with E-state index in [1.54, 1.807) is 0 Å². The summed E-state index contributed by atoms with van der Waals surface area (Å²) in [5, 5.41) is 7.64. The highest BCUT2D eigenvalue weighted by Gasteiger charge is 2.28. The van der Waals surface area contributed by atoms with Gasteiger partial charge >= 0.3 is 0 Å². The minimum atomic E-state index is -0.0226. The second-order valence-electron chi connectivity index (χ2n) is 5.75. The Bertz CT molecular complexity index is 496. The second-order valence-corrected chi connectivity index (χ2v) is 5.75. The molecule has 1 amide bonds. The van der Waals surface area contributed by atoms with E-state index in [0.29, 0.717) is 6.54 Å². The quantitative estimate of drug-likeness (QED) is 0.903. The zero-order valence-electron chi connectivity index (χ0n) is 13.6. The van der Waals surface area contributed by atoms with Gasteiger partial charge in [0.25, 0.3) is 0 Å². The number of amides is 1. The maximum atomic E-state index is 12.4. The third kappa shape index (κ3) is 3.46. The van der Waals surface area contributed by atoms with Crippen LogP contribution < -0.4 is 5.32 Å². The number of hydrogen-bond acceptors (Lipinski definition) is 3. The third-order valence-corrected chi connectivity index (χ3v) is 4.41. The molecule has 5 heteroatoms. The lowest BCUT2D eigenvalue weighted by Gasteiger charge is -2.28. The fourth-order valence-corrected chi connectivity index (χ4v) is 3.17. The number of carbonyl (C=O) groups excluding carboxylic acids is 1. The van der Waals surface area contributed by atoms with Gasteiger partial charge < -0.3 is 10.1 Å². The van der Waals surface area contributed by atoms with Gasteiger partial charge in [0.1, 0.15) is 0 Å². The van der Waals surface area contributed by atoms with Crippen LogP contribution in [0.15, 0.2) is 0 Å². The summed E-state index contributed by atoms with van der Waals surface area (Å²) in [6.07, 6.45) is 3.72. The van der Waals surface area contributed by atoms with Crippen LogP contribution in [0, 0.1) is 5.92 Å². The third-order valence-electron chi connectivity index (χ3n) is 4.41. The van der Waals surface area contributed by atoms with Crippen LogP contribution >= 0.6 is 0 Å². The van der Waals surface area contributed by atoms with Crippen molar-refractivity contribution in [2.45, 2.75) is 59.1 Å². The van der Waals surface area contributed by atoms with Crippen molar-refractivity contribution in [1.82, 2.24) is 15.1 Å². The molecular weight excluding hydrogens is 266 g/mol. The highest BCUT2D eigenvalue weighted by Crippen LogP contribution is 2.21. The van der Waals surface area contributed by atoms with Gasteiger partial charge in [-0.3, -0.25) is 9.48 Å². The first-order valence-corrected chi connectivity index (χ1v) is 8.01. The van der Waals surface area contributed by atoms with Crippen LogP contribution in [-0.4, -0.2) is 28.4 Å². The molecule has 1 aliphatic rings. The lowest BCUT2D eigenvalue weighted by atomic mass is 9.94. The van der Waals surface area contributed by atoms with Crippen molar-refractivity contribution in [2.75, 3.05) is 6.61 Å². The van der Waals surface area contributed by atoms with Gasteiger partial charge in [-0.1, -0.05) is 13.8 Å². The highest BCUT2D eigenvalue weighted by molar-refractivity contribution is 5.79. The average Bonchev–Trinajstić information content (AvgIpc) is 2.80. The Morgan fingerprint density at radius 2 is 2.19 bits per heavy atom. The van der Waals surface area contributed by atoms with Crippen LogP contribution in [0.5, 0.6) is 0 Å². The molecule has 1 aromatic rings. The first-order valence-electron chi connectivity index (χ1n) is 8.01. The number of aromatic nitrogens is 2. The van der Waals surface area contributed by atoms with Crippen molar-refractivity contribution < 1.29 is 9.53 Å². The normalized spacial score (nSPS) is 22.3. The summed E-state index contributed by atoms with van der Waals surface area (Å²) in [6, 6.07) is 0. The summed E-state index contributed by atoms with van der Waals surface area (Å²) in [5.74, 6) is 0.0840. The first-order chi connectivity index (χ1) is 10.1. The summed E-state index contributed by atoms with van der Waals surface area (Å²) >= 11 is 0. The molecule has 0 bridgehead atoms. The SMILES string of the molecule is CCc1nn(C)c(CC)c1CNC(=O)C1CCCOC1C. The van der Waals surface area contributed by atoms with Crippen molar-refractivity contribution in [3.63, 3.8) is 0 Å². The number of hydrogen-bond donors (Lipinski definition) is 1. The maximum Gasteiger partial charge on any atom is 0.225 e. The van der Waals surface area contributed by atoms with Crippen molar-refractivity contribution in [2.24, 2.45) is 13.0 Å². The first kappa shape index (κ1) is 16.0. The Balaban J connectivity index is 2.04. The van der Waals surface area contributed by atoms with E-state index in [4.69, 9.17) is 4.74 Å².